The van der Waals surface area contributed by atoms with Crippen LogP contribution in [0, 0.1) is 5.92 Å². The summed E-state index contributed by atoms with van der Waals surface area (Å²) in [4.78, 5) is 11.6. The van der Waals surface area contributed by atoms with E-state index in [1.165, 1.54) is 0 Å². The highest BCUT2D eigenvalue weighted by atomic mass is 79.9. The summed E-state index contributed by atoms with van der Waals surface area (Å²) in [7, 11) is 0. The van der Waals surface area contributed by atoms with E-state index in [2.05, 4.69) is 15.9 Å². The lowest BCUT2D eigenvalue weighted by atomic mass is 10.0. The first-order valence-corrected chi connectivity index (χ1v) is 4.91. The number of nitrogens with two attached hydrogens (primary N) is 1. The number of nitrogen functional groups attached to an aromatic ring is 1. The van der Waals surface area contributed by atoms with Gasteiger partial charge in [-0.15, -0.1) is 0 Å². The first kappa shape index (κ1) is 10.3. The molecular formula is C10H12BrNO. The lowest BCUT2D eigenvalue weighted by Crippen LogP contribution is -2.08. The molecule has 0 aromatic heterocycles. The Hall–Kier alpha value is -0.830. The molecule has 0 fully saturated rings. The molecule has 0 amide bonds. The molecule has 0 bridgehead atoms. The number of hydrogen-bond donors (Lipinski definition) is 1. The van der Waals surface area contributed by atoms with Gasteiger partial charge in [-0.2, -0.15) is 0 Å². The van der Waals surface area contributed by atoms with Crippen LogP contribution in [0.2, 0.25) is 0 Å². The minimum atomic E-state index is 0.0138. The van der Waals surface area contributed by atoms with Crippen LogP contribution in [0.25, 0.3) is 0 Å². The molecule has 0 aliphatic carbocycles. The maximum absolute atomic E-state index is 11.6. The van der Waals surface area contributed by atoms with E-state index in [0.717, 1.165) is 4.47 Å². The van der Waals surface area contributed by atoms with E-state index in [4.69, 9.17) is 5.73 Å². The molecular weight excluding hydrogens is 230 g/mol. The van der Waals surface area contributed by atoms with Crippen molar-refractivity contribution < 1.29 is 4.79 Å². The Morgan fingerprint density at radius 3 is 2.54 bits per heavy atom. The molecule has 1 aromatic rings. The summed E-state index contributed by atoms with van der Waals surface area (Å²) in [6, 6.07) is 5.23. The highest BCUT2D eigenvalue weighted by Gasteiger charge is 2.13. The molecule has 0 aliphatic heterocycles. The van der Waals surface area contributed by atoms with Crippen molar-refractivity contribution in [2.75, 3.05) is 5.73 Å². The Morgan fingerprint density at radius 1 is 1.46 bits per heavy atom. The topological polar surface area (TPSA) is 43.1 Å². The number of carbonyl (C=O) groups is 1. The van der Waals surface area contributed by atoms with Crippen molar-refractivity contribution >= 4 is 27.4 Å². The molecule has 1 aromatic carbocycles. The number of hydrogen-bond acceptors (Lipinski definition) is 2. The molecule has 2 nitrogen and oxygen atoms in total. The molecule has 0 saturated heterocycles. The Labute approximate surface area is 86.3 Å². The summed E-state index contributed by atoms with van der Waals surface area (Å²) in [5, 5.41) is 0. The van der Waals surface area contributed by atoms with E-state index in [0.29, 0.717) is 11.3 Å². The summed E-state index contributed by atoms with van der Waals surface area (Å²) >= 11 is 3.32. The third-order valence-electron chi connectivity index (χ3n) is 1.78. The largest absolute Gasteiger partial charge is 0.399 e. The van der Waals surface area contributed by atoms with Gasteiger partial charge in [-0.05, 0) is 34.1 Å². The van der Waals surface area contributed by atoms with E-state index in [1.54, 1.807) is 18.2 Å². The zero-order valence-electron chi connectivity index (χ0n) is 7.67. The fourth-order valence-electron chi connectivity index (χ4n) is 1.04. The molecule has 0 saturated carbocycles. The van der Waals surface area contributed by atoms with Crippen molar-refractivity contribution in [2.24, 2.45) is 5.92 Å². The van der Waals surface area contributed by atoms with Crippen LogP contribution in [-0.2, 0) is 0 Å². The van der Waals surface area contributed by atoms with E-state index in [1.807, 2.05) is 13.8 Å². The fourth-order valence-corrected chi connectivity index (χ4v) is 1.63. The quantitative estimate of drug-likeness (QED) is 0.640. The predicted molar refractivity (Wildman–Crippen MR) is 57.7 cm³/mol. The van der Waals surface area contributed by atoms with Crippen LogP contribution in [0.1, 0.15) is 24.2 Å². The number of halogens is 1. The second-order valence-electron chi connectivity index (χ2n) is 3.26. The Kier molecular flexibility index (Phi) is 3.09. The third-order valence-corrected chi connectivity index (χ3v) is 2.44. The van der Waals surface area contributed by atoms with Crippen molar-refractivity contribution in [1.29, 1.82) is 0 Å². The molecule has 0 heterocycles. The van der Waals surface area contributed by atoms with Crippen LogP contribution in [0.15, 0.2) is 22.7 Å². The van der Waals surface area contributed by atoms with E-state index < -0.39 is 0 Å². The van der Waals surface area contributed by atoms with Crippen molar-refractivity contribution in [2.45, 2.75) is 13.8 Å². The van der Waals surface area contributed by atoms with Gasteiger partial charge in [-0.1, -0.05) is 13.8 Å². The van der Waals surface area contributed by atoms with Gasteiger partial charge >= 0.3 is 0 Å². The standard InChI is InChI=1S/C10H12BrNO/c1-6(2)10(13)8-4-3-7(12)5-9(8)11/h3-6H,12H2,1-2H3. The minimum Gasteiger partial charge on any atom is -0.399 e. The Morgan fingerprint density at radius 2 is 2.08 bits per heavy atom. The van der Waals surface area contributed by atoms with Gasteiger partial charge < -0.3 is 5.73 Å². The first-order valence-electron chi connectivity index (χ1n) is 4.11. The van der Waals surface area contributed by atoms with E-state index in [-0.39, 0.29) is 11.7 Å². The van der Waals surface area contributed by atoms with Crippen molar-refractivity contribution in [1.82, 2.24) is 0 Å². The zero-order valence-corrected chi connectivity index (χ0v) is 9.26. The lowest BCUT2D eigenvalue weighted by molar-refractivity contribution is 0.0938. The summed E-state index contributed by atoms with van der Waals surface area (Å²) in [6.45, 7) is 3.76. The van der Waals surface area contributed by atoms with Crippen LogP contribution < -0.4 is 5.73 Å². The lowest BCUT2D eigenvalue weighted by Gasteiger charge is -2.06. The molecule has 3 heteroatoms. The van der Waals surface area contributed by atoms with Gasteiger partial charge in [0.05, 0.1) is 0 Å². The summed E-state index contributed by atoms with van der Waals surface area (Å²) in [5.74, 6) is 0.145. The maximum atomic E-state index is 11.6. The monoisotopic (exact) mass is 241 g/mol. The van der Waals surface area contributed by atoms with Crippen molar-refractivity contribution in [3.05, 3.63) is 28.2 Å². The normalized spacial score (nSPS) is 10.5. The van der Waals surface area contributed by atoms with Gasteiger partial charge in [0, 0.05) is 21.6 Å². The molecule has 0 aliphatic rings. The Bertz CT molecular complexity index is 334. The van der Waals surface area contributed by atoms with E-state index >= 15 is 0 Å². The third kappa shape index (κ3) is 2.31. The molecule has 0 radical (unpaired) electrons. The fraction of sp³-hybridized carbons (Fsp3) is 0.300. The van der Waals surface area contributed by atoms with Crippen LogP contribution in [0.4, 0.5) is 5.69 Å². The number of benzene rings is 1. The van der Waals surface area contributed by atoms with Gasteiger partial charge in [0.1, 0.15) is 0 Å². The van der Waals surface area contributed by atoms with Crippen LogP contribution in [0.3, 0.4) is 0 Å². The Balaban J connectivity index is 3.09. The number of anilines is 1. The highest BCUT2D eigenvalue weighted by molar-refractivity contribution is 9.10. The molecule has 0 unspecified atom stereocenters. The van der Waals surface area contributed by atoms with Crippen LogP contribution >= 0.6 is 15.9 Å². The van der Waals surface area contributed by atoms with Crippen LogP contribution in [-0.4, -0.2) is 5.78 Å². The summed E-state index contributed by atoms with van der Waals surface area (Å²) in [6.07, 6.45) is 0. The maximum Gasteiger partial charge on any atom is 0.166 e. The summed E-state index contributed by atoms with van der Waals surface area (Å²) < 4.78 is 0.770. The molecule has 0 spiro atoms. The second-order valence-corrected chi connectivity index (χ2v) is 4.11. The van der Waals surface area contributed by atoms with Gasteiger partial charge in [-0.25, -0.2) is 0 Å². The smallest absolute Gasteiger partial charge is 0.166 e. The molecule has 70 valence electrons. The van der Waals surface area contributed by atoms with E-state index in [9.17, 15) is 4.79 Å². The van der Waals surface area contributed by atoms with Gasteiger partial charge in [0.2, 0.25) is 0 Å². The number of carbonyl (C=O) groups excluding carboxylic acids is 1. The zero-order chi connectivity index (χ0) is 10.0. The molecule has 1 rings (SSSR count). The molecule has 0 atom stereocenters. The number of rotatable bonds is 2. The van der Waals surface area contributed by atoms with Gasteiger partial charge in [0.25, 0.3) is 0 Å². The molecule has 13 heavy (non-hydrogen) atoms. The van der Waals surface area contributed by atoms with Gasteiger partial charge in [0.15, 0.2) is 5.78 Å². The predicted octanol–water partition coefficient (Wildman–Crippen LogP) is 2.87. The highest BCUT2D eigenvalue weighted by Crippen LogP contribution is 2.22. The SMILES string of the molecule is CC(C)C(=O)c1ccc(N)cc1Br. The van der Waals surface area contributed by atoms with Crippen LogP contribution in [0.5, 0.6) is 0 Å². The number of ketones is 1. The molecule has 2 N–H and O–H groups in total. The van der Waals surface area contributed by atoms with Crippen molar-refractivity contribution in [3.63, 3.8) is 0 Å². The average molecular weight is 242 g/mol. The number of Topliss-reactive ketones (excluding diaryl/α,β-unsaturated/α-hetero) is 1. The first-order chi connectivity index (χ1) is 6.02. The summed E-state index contributed by atoms with van der Waals surface area (Å²) in [5.41, 5.74) is 6.92. The van der Waals surface area contributed by atoms with Gasteiger partial charge in [-0.3, -0.25) is 4.79 Å². The van der Waals surface area contributed by atoms with Crippen molar-refractivity contribution in [3.8, 4) is 0 Å². The minimum absolute atomic E-state index is 0.0138. The second kappa shape index (κ2) is 3.92. The average Bonchev–Trinajstić information content (AvgIpc) is 2.03.